The van der Waals surface area contributed by atoms with Gasteiger partial charge in [-0.3, -0.25) is 4.79 Å². The zero-order valence-electron chi connectivity index (χ0n) is 17.9. The minimum Gasteiger partial charge on any atom is -0.467 e. The first kappa shape index (κ1) is 22.0. The summed E-state index contributed by atoms with van der Waals surface area (Å²) in [5, 5.41) is 3.90. The van der Waals surface area contributed by atoms with E-state index in [1.165, 1.54) is 0 Å². The standard InChI is InChI=1S/C25H25BrN4O2/c1-2-13-30(14-12-23(31)27-17-20-9-6-15-32-20)25-21-10-3-4-11-22(21)28-24(29-25)18-7-5-8-19(26)16-18/h3-11,15-16H,2,12-14,17H2,1H3,(H,27,31). The van der Waals surface area contributed by atoms with Gasteiger partial charge in [0.1, 0.15) is 11.6 Å². The van der Waals surface area contributed by atoms with Crippen molar-refractivity contribution in [1.29, 1.82) is 0 Å². The molecule has 164 valence electrons. The van der Waals surface area contributed by atoms with Crippen LogP contribution in [-0.2, 0) is 11.3 Å². The summed E-state index contributed by atoms with van der Waals surface area (Å²) in [5.41, 5.74) is 1.83. The van der Waals surface area contributed by atoms with Crippen molar-refractivity contribution in [2.24, 2.45) is 0 Å². The maximum Gasteiger partial charge on any atom is 0.222 e. The molecule has 1 amide bonds. The second kappa shape index (κ2) is 10.4. The number of para-hydroxylation sites is 1. The molecule has 6 nitrogen and oxygen atoms in total. The van der Waals surface area contributed by atoms with Gasteiger partial charge in [-0.05, 0) is 42.8 Å². The fraction of sp³-hybridized carbons (Fsp3) is 0.240. The van der Waals surface area contributed by atoms with E-state index in [1.54, 1.807) is 6.26 Å². The summed E-state index contributed by atoms with van der Waals surface area (Å²) < 4.78 is 6.26. The van der Waals surface area contributed by atoms with Gasteiger partial charge in [-0.2, -0.15) is 0 Å². The number of carbonyl (C=O) groups excluding carboxylic acids is 1. The molecule has 0 fully saturated rings. The highest BCUT2D eigenvalue weighted by molar-refractivity contribution is 9.10. The molecule has 7 heteroatoms. The van der Waals surface area contributed by atoms with Crippen molar-refractivity contribution >= 4 is 38.6 Å². The molecule has 2 heterocycles. The first-order chi connectivity index (χ1) is 15.6. The van der Waals surface area contributed by atoms with Crippen LogP contribution >= 0.6 is 15.9 Å². The van der Waals surface area contributed by atoms with E-state index < -0.39 is 0 Å². The quantitative estimate of drug-likeness (QED) is 0.330. The zero-order chi connectivity index (χ0) is 22.3. The molecule has 0 radical (unpaired) electrons. The number of furan rings is 1. The van der Waals surface area contributed by atoms with Gasteiger partial charge in [0.05, 0.1) is 18.3 Å². The Balaban J connectivity index is 1.59. The van der Waals surface area contributed by atoms with Gasteiger partial charge in [0.2, 0.25) is 5.91 Å². The number of rotatable bonds is 9. The SMILES string of the molecule is CCCN(CCC(=O)NCc1ccco1)c1nc(-c2cccc(Br)c2)nc2ccccc12. The van der Waals surface area contributed by atoms with Gasteiger partial charge >= 0.3 is 0 Å². The summed E-state index contributed by atoms with van der Waals surface area (Å²) in [6.07, 6.45) is 2.91. The largest absolute Gasteiger partial charge is 0.467 e. The maximum absolute atomic E-state index is 12.5. The molecule has 1 N–H and O–H groups in total. The van der Waals surface area contributed by atoms with E-state index in [4.69, 9.17) is 14.4 Å². The summed E-state index contributed by atoms with van der Waals surface area (Å²) in [6.45, 7) is 3.88. The van der Waals surface area contributed by atoms with Crippen LogP contribution in [0.1, 0.15) is 25.5 Å². The van der Waals surface area contributed by atoms with Gasteiger partial charge in [0.15, 0.2) is 5.82 Å². The summed E-state index contributed by atoms with van der Waals surface area (Å²) in [7, 11) is 0. The number of aromatic nitrogens is 2. The summed E-state index contributed by atoms with van der Waals surface area (Å²) >= 11 is 3.53. The van der Waals surface area contributed by atoms with E-state index in [0.29, 0.717) is 25.3 Å². The smallest absolute Gasteiger partial charge is 0.222 e. The molecular weight excluding hydrogens is 468 g/mol. The summed E-state index contributed by atoms with van der Waals surface area (Å²) in [4.78, 5) is 24.4. The average molecular weight is 493 g/mol. The maximum atomic E-state index is 12.5. The molecule has 4 rings (SSSR count). The molecule has 0 spiro atoms. The molecule has 0 aliphatic heterocycles. The number of hydrogen-bond acceptors (Lipinski definition) is 5. The van der Waals surface area contributed by atoms with Crippen molar-refractivity contribution < 1.29 is 9.21 Å². The highest BCUT2D eigenvalue weighted by atomic mass is 79.9. The molecule has 2 aromatic heterocycles. The second-order valence-electron chi connectivity index (χ2n) is 7.49. The molecule has 0 saturated carbocycles. The van der Waals surface area contributed by atoms with Crippen LogP contribution in [0.3, 0.4) is 0 Å². The number of halogens is 1. The first-order valence-corrected chi connectivity index (χ1v) is 11.5. The first-order valence-electron chi connectivity index (χ1n) is 10.7. The van der Waals surface area contributed by atoms with Crippen LogP contribution in [0.25, 0.3) is 22.3 Å². The third kappa shape index (κ3) is 5.34. The predicted octanol–water partition coefficient (Wildman–Crippen LogP) is 5.58. The lowest BCUT2D eigenvalue weighted by Crippen LogP contribution is -2.32. The van der Waals surface area contributed by atoms with Gasteiger partial charge in [0, 0.05) is 34.9 Å². The Kier molecular flexibility index (Phi) is 7.17. The molecule has 0 atom stereocenters. The van der Waals surface area contributed by atoms with E-state index in [2.05, 4.69) is 33.1 Å². The van der Waals surface area contributed by atoms with Crippen LogP contribution < -0.4 is 10.2 Å². The van der Waals surface area contributed by atoms with Gasteiger partial charge < -0.3 is 14.6 Å². The van der Waals surface area contributed by atoms with Gasteiger partial charge in [0.25, 0.3) is 0 Å². The topological polar surface area (TPSA) is 71.3 Å². The predicted molar refractivity (Wildman–Crippen MR) is 130 cm³/mol. The van der Waals surface area contributed by atoms with Crippen molar-refractivity contribution in [2.75, 3.05) is 18.0 Å². The Morgan fingerprint density at radius 3 is 2.72 bits per heavy atom. The lowest BCUT2D eigenvalue weighted by molar-refractivity contribution is -0.121. The Bertz CT molecular complexity index is 1190. The Morgan fingerprint density at radius 1 is 1.06 bits per heavy atom. The number of anilines is 1. The molecule has 2 aromatic carbocycles. The van der Waals surface area contributed by atoms with Crippen molar-refractivity contribution in [3.05, 3.63) is 77.2 Å². The Morgan fingerprint density at radius 2 is 1.94 bits per heavy atom. The number of carbonyl (C=O) groups is 1. The van der Waals surface area contributed by atoms with E-state index in [-0.39, 0.29) is 5.91 Å². The lowest BCUT2D eigenvalue weighted by atomic mass is 10.1. The minimum atomic E-state index is -0.0203. The normalized spacial score (nSPS) is 10.9. The number of fused-ring (bicyclic) bond motifs is 1. The van der Waals surface area contributed by atoms with Crippen LogP contribution in [0, 0.1) is 0 Å². The van der Waals surface area contributed by atoms with E-state index >= 15 is 0 Å². The molecule has 32 heavy (non-hydrogen) atoms. The molecule has 0 unspecified atom stereocenters. The molecular formula is C25H25BrN4O2. The van der Waals surface area contributed by atoms with Crippen LogP contribution in [-0.4, -0.2) is 29.0 Å². The van der Waals surface area contributed by atoms with E-state index in [1.807, 2.05) is 60.7 Å². The highest BCUT2D eigenvalue weighted by Crippen LogP contribution is 2.29. The van der Waals surface area contributed by atoms with Crippen LogP contribution in [0.15, 0.2) is 75.8 Å². The van der Waals surface area contributed by atoms with E-state index in [9.17, 15) is 4.79 Å². The monoisotopic (exact) mass is 492 g/mol. The minimum absolute atomic E-state index is 0.0203. The molecule has 0 bridgehead atoms. The molecule has 0 aliphatic carbocycles. The van der Waals surface area contributed by atoms with Gasteiger partial charge in [-0.1, -0.05) is 47.1 Å². The second-order valence-corrected chi connectivity index (χ2v) is 8.41. The van der Waals surface area contributed by atoms with Crippen LogP contribution in [0.4, 0.5) is 5.82 Å². The van der Waals surface area contributed by atoms with E-state index in [0.717, 1.165) is 45.5 Å². The molecule has 4 aromatic rings. The van der Waals surface area contributed by atoms with Gasteiger partial charge in [-0.25, -0.2) is 9.97 Å². The number of nitrogens with one attached hydrogen (secondary N) is 1. The van der Waals surface area contributed by atoms with Crippen molar-refractivity contribution in [3.8, 4) is 11.4 Å². The summed E-state index contributed by atoms with van der Waals surface area (Å²) in [5.74, 6) is 2.24. The fourth-order valence-electron chi connectivity index (χ4n) is 3.57. The number of nitrogens with zero attached hydrogens (tertiary/aromatic N) is 3. The van der Waals surface area contributed by atoms with Gasteiger partial charge in [-0.15, -0.1) is 0 Å². The highest BCUT2D eigenvalue weighted by Gasteiger charge is 2.16. The molecule has 0 aliphatic rings. The number of benzene rings is 2. The third-order valence-corrected chi connectivity index (χ3v) is 5.60. The number of hydrogen-bond donors (Lipinski definition) is 1. The third-order valence-electron chi connectivity index (χ3n) is 5.11. The van der Waals surface area contributed by atoms with Crippen LogP contribution in [0.5, 0.6) is 0 Å². The molecule has 0 saturated heterocycles. The summed E-state index contributed by atoms with van der Waals surface area (Å²) in [6, 6.07) is 19.7. The average Bonchev–Trinajstić information content (AvgIpc) is 3.33. The lowest BCUT2D eigenvalue weighted by Gasteiger charge is -2.25. The van der Waals surface area contributed by atoms with Crippen molar-refractivity contribution in [2.45, 2.75) is 26.3 Å². The van der Waals surface area contributed by atoms with Crippen molar-refractivity contribution in [3.63, 3.8) is 0 Å². The fourth-order valence-corrected chi connectivity index (χ4v) is 3.97. The zero-order valence-corrected chi connectivity index (χ0v) is 19.5. The van der Waals surface area contributed by atoms with Crippen LogP contribution in [0.2, 0.25) is 0 Å². The Hall–Kier alpha value is -3.19. The number of amides is 1. The van der Waals surface area contributed by atoms with Crippen molar-refractivity contribution in [1.82, 2.24) is 15.3 Å². The Labute approximate surface area is 195 Å².